The summed E-state index contributed by atoms with van der Waals surface area (Å²) in [4.78, 5) is 12.5. The van der Waals surface area contributed by atoms with Crippen LogP contribution in [0.4, 0.5) is 5.69 Å². The van der Waals surface area contributed by atoms with Crippen LogP contribution in [-0.2, 0) is 23.1 Å². The Bertz CT molecular complexity index is 1160. The van der Waals surface area contributed by atoms with Gasteiger partial charge >= 0.3 is 0 Å². The van der Waals surface area contributed by atoms with Gasteiger partial charge in [0.2, 0.25) is 10.0 Å². The van der Waals surface area contributed by atoms with Gasteiger partial charge in [0.05, 0.1) is 18.5 Å². The molecule has 0 spiro atoms. The Morgan fingerprint density at radius 3 is 2.06 bits per heavy atom. The molecule has 0 saturated carbocycles. The smallest absolute Gasteiger partial charge is 0.251 e. The molecule has 0 fully saturated rings. The molecule has 0 heterocycles. The summed E-state index contributed by atoms with van der Waals surface area (Å²) in [6, 6.07) is 19.3. The molecule has 3 rings (SSSR count). The molecular weight excluding hydrogens is 455 g/mol. The van der Waals surface area contributed by atoms with Crippen LogP contribution in [0.1, 0.15) is 27.0 Å². The second kappa shape index (κ2) is 9.73. The molecule has 31 heavy (non-hydrogen) atoms. The molecule has 1 N–H and O–H groups in total. The predicted octanol–water partition coefficient (Wildman–Crippen LogP) is 5.20. The number of sulfonamides is 1. The van der Waals surface area contributed by atoms with Crippen molar-refractivity contribution in [1.29, 1.82) is 0 Å². The Morgan fingerprint density at radius 2 is 1.52 bits per heavy atom. The maximum atomic E-state index is 12.5. The first-order valence-corrected chi connectivity index (χ1v) is 12.1. The molecule has 0 aliphatic carbocycles. The summed E-state index contributed by atoms with van der Waals surface area (Å²) in [5.74, 6) is -0.243. The number of aryl methyl sites for hydroxylation is 1. The second-order valence-corrected chi connectivity index (χ2v) is 9.91. The lowest BCUT2D eigenvalue weighted by Crippen LogP contribution is -2.29. The zero-order valence-electron chi connectivity index (χ0n) is 17.1. The van der Waals surface area contributed by atoms with Gasteiger partial charge < -0.3 is 5.32 Å². The molecule has 8 heteroatoms. The van der Waals surface area contributed by atoms with E-state index in [9.17, 15) is 13.2 Å². The lowest BCUT2D eigenvalue weighted by molar-refractivity contribution is 0.0951. The largest absolute Gasteiger partial charge is 0.348 e. The quantitative estimate of drug-likeness (QED) is 0.509. The normalized spacial score (nSPS) is 11.2. The third kappa shape index (κ3) is 6.00. The zero-order valence-corrected chi connectivity index (χ0v) is 19.4. The number of hydrogen-bond acceptors (Lipinski definition) is 3. The van der Waals surface area contributed by atoms with Crippen LogP contribution < -0.4 is 9.62 Å². The molecule has 0 radical (unpaired) electrons. The second-order valence-electron chi connectivity index (χ2n) is 7.18. The van der Waals surface area contributed by atoms with E-state index in [-0.39, 0.29) is 12.5 Å². The van der Waals surface area contributed by atoms with Crippen LogP contribution in [0, 0.1) is 6.92 Å². The van der Waals surface area contributed by atoms with E-state index in [1.165, 1.54) is 4.31 Å². The number of hydrogen-bond donors (Lipinski definition) is 1. The highest BCUT2D eigenvalue weighted by molar-refractivity contribution is 7.92. The van der Waals surface area contributed by atoms with Crippen LogP contribution in [0.25, 0.3) is 0 Å². The van der Waals surface area contributed by atoms with Crippen LogP contribution in [0.15, 0.2) is 66.7 Å². The molecule has 5 nitrogen and oxygen atoms in total. The minimum atomic E-state index is -3.62. The number of halogens is 2. The van der Waals surface area contributed by atoms with E-state index in [0.29, 0.717) is 33.4 Å². The summed E-state index contributed by atoms with van der Waals surface area (Å²) in [5, 5.41) is 3.63. The van der Waals surface area contributed by atoms with E-state index in [0.717, 1.165) is 17.4 Å². The van der Waals surface area contributed by atoms with Gasteiger partial charge in [-0.15, -0.1) is 0 Å². The van der Waals surface area contributed by atoms with Crippen LogP contribution in [0.2, 0.25) is 10.0 Å². The maximum absolute atomic E-state index is 12.5. The highest BCUT2D eigenvalue weighted by Crippen LogP contribution is 2.29. The Kier molecular flexibility index (Phi) is 7.26. The molecule has 0 atom stereocenters. The van der Waals surface area contributed by atoms with Crippen LogP contribution in [0.5, 0.6) is 0 Å². The number of rotatable bonds is 7. The third-order valence-corrected chi connectivity index (χ3v) is 6.60. The van der Waals surface area contributed by atoms with Crippen molar-refractivity contribution in [3.05, 3.63) is 99.0 Å². The van der Waals surface area contributed by atoms with E-state index in [1.807, 2.05) is 31.2 Å². The molecule has 1 amide bonds. The predicted molar refractivity (Wildman–Crippen MR) is 126 cm³/mol. The van der Waals surface area contributed by atoms with Gasteiger partial charge in [0.15, 0.2) is 0 Å². The fourth-order valence-electron chi connectivity index (χ4n) is 3.00. The molecular formula is C23H22Cl2N2O3S. The number of nitrogens with zero attached hydrogens (tertiary/aromatic N) is 1. The Morgan fingerprint density at radius 1 is 0.935 bits per heavy atom. The SMILES string of the molecule is Cc1ccc(CNC(=O)c2ccc(N(Cc3c(Cl)cccc3Cl)S(C)(=O)=O)cc2)cc1. The van der Waals surface area contributed by atoms with E-state index in [4.69, 9.17) is 23.2 Å². The minimum absolute atomic E-state index is 0.0176. The van der Waals surface area contributed by atoms with Gasteiger partial charge in [-0.2, -0.15) is 0 Å². The molecule has 3 aromatic rings. The average molecular weight is 477 g/mol. The van der Waals surface area contributed by atoms with Gasteiger partial charge in [-0.3, -0.25) is 9.10 Å². The summed E-state index contributed by atoms with van der Waals surface area (Å²) in [5.41, 5.74) is 3.50. The molecule has 0 aliphatic heterocycles. The van der Waals surface area contributed by atoms with Crippen molar-refractivity contribution < 1.29 is 13.2 Å². The fraction of sp³-hybridized carbons (Fsp3) is 0.174. The first-order valence-electron chi connectivity index (χ1n) is 9.49. The van der Waals surface area contributed by atoms with Crippen molar-refractivity contribution in [2.24, 2.45) is 0 Å². The zero-order chi connectivity index (χ0) is 22.6. The fourth-order valence-corrected chi connectivity index (χ4v) is 4.38. The van der Waals surface area contributed by atoms with Gasteiger partial charge in [-0.05, 0) is 48.9 Å². The van der Waals surface area contributed by atoms with Crippen LogP contribution in [0.3, 0.4) is 0 Å². The summed E-state index contributed by atoms with van der Waals surface area (Å²) in [6.45, 7) is 2.39. The van der Waals surface area contributed by atoms with Crippen molar-refractivity contribution in [1.82, 2.24) is 5.32 Å². The minimum Gasteiger partial charge on any atom is -0.348 e. The Hall–Kier alpha value is -2.54. The lowest BCUT2D eigenvalue weighted by atomic mass is 10.1. The van der Waals surface area contributed by atoms with Gasteiger partial charge in [-0.1, -0.05) is 59.1 Å². The van der Waals surface area contributed by atoms with Crippen molar-refractivity contribution in [2.75, 3.05) is 10.6 Å². The summed E-state index contributed by atoms with van der Waals surface area (Å²) in [7, 11) is -3.62. The molecule has 3 aromatic carbocycles. The van der Waals surface area contributed by atoms with Crippen molar-refractivity contribution in [2.45, 2.75) is 20.0 Å². The third-order valence-electron chi connectivity index (χ3n) is 4.75. The van der Waals surface area contributed by atoms with E-state index < -0.39 is 10.0 Å². The maximum Gasteiger partial charge on any atom is 0.251 e. The monoisotopic (exact) mass is 476 g/mol. The number of carbonyl (C=O) groups excluding carboxylic acids is 1. The van der Waals surface area contributed by atoms with Gasteiger partial charge in [0.25, 0.3) is 5.91 Å². The van der Waals surface area contributed by atoms with Crippen molar-refractivity contribution in [3.63, 3.8) is 0 Å². The number of nitrogens with one attached hydrogen (secondary N) is 1. The van der Waals surface area contributed by atoms with Gasteiger partial charge in [-0.25, -0.2) is 8.42 Å². The topological polar surface area (TPSA) is 66.5 Å². The van der Waals surface area contributed by atoms with Crippen LogP contribution >= 0.6 is 23.2 Å². The molecule has 162 valence electrons. The Balaban J connectivity index is 1.76. The summed E-state index contributed by atoms with van der Waals surface area (Å²) >= 11 is 12.4. The number of carbonyl (C=O) groups is 1. The molecule has 0 aliphatic rings. The van der Waals surface area contributed by atoms with Crippen molar-refractivity contribution >= 4 is 44.8 Å². The standard InChI is InChI=1S/C23H22Cl2N2O3S/c1-16-6-8-17(9-7-16)14-26-23(28)18-10-12-19(13-11-18)27(31(2,29)30)15-20-21(24)4-3-5-22(20)25/h3-13H,14-15H2,1-2H3,(H,26,28). The molecule has 0 bridgehead atoms. The number of amides is 1. The highest BCUT2D eigenvalue weighted by Gasteiger charge is 2.21. The average Bonchev–Trinajstić information content (AvgIpc) is 2.72. The van der Waals surface area contributed by atoms with E-state index in [2.05, 4.69) is 5.32 Å². The van der Waals surface area contributed by atoms with Gasteiger partial charge in [0, 0.05) is 27.7 Å². The number of anilines is 1. The molecule has 0 aromatic heterocycles. The Labute approximate surface area is 192 Å². The highest BCUT2D eigenvalue weighted by atomic mass is 35.5. The first kappa shape index (κ1) is 23.1. The van der Waals surface area contributed by atoms with Crippen molar-refractivity contribution in [3.8, 4) is 0 Å². The molecule has 0 unspecified atom stereocenters. The lowest BCUT2D eigenvalue weighted by Gasteiger charge is -2.23. The molecule has 0 saturated heterocycles. The van der Waals surface area contributed by atoms with Gasteiger partial charge in [0.1, 0.15) is 0 Å². The van der Waals surface area contributed by atoms with Crippen LogP contribution in [-0.4, -0.2) is 20.6 Å². The summed E-state index contributed by atoms with van der Waals surface area (Å²) in [6.07, 6.45) is 1.11. The first-order chi connectivity index (χ1) is 14.6. The number of benzene rings is 3. The van der Waals surface area contributed by atoms with E-state index >= 15 is 0 Å². The van der Waals surface area contributed by atoms with E-state index in [1.54, 1.807) is 42.5 Å². The summed E-state index contributed by atoms with van der Waals surface area (Å²) < 4.78 is 26.0.